The molecule has 0 radical (unpaired) electrons. The number of nitrogens with zero attached hydrogens (tertiary/aromatic N) is 2. The summed E-state index contributed by atoms with van der Waals surface area (Å²) in [6.45, 7) is 6.82. The van der Waals surface area contributed by atoms with Gasteiger partial charge >= 0.3 is 24.3 Å². The number of likely N-dealkylation sites (tertiary alicyclic amines) is 1. The summed E-state index contributed by atoms with van der Waals surface area (Å²) in [4.78, 5) is 25.9. The topological polar surface area (TPSA) is 109 Å². The van der Waals surface area contributed by atoms with Crippen LogP contribution in [0, 0.1) is 6.92 Å². The lowest BCUT2D eigenvalue weighted by atomic mass is 9.89. The monoisotopic (exact) mass is 586 g/mol. The third-order valence-electron chi connectivity index (χ3n) is 5.85. The van der Waals surface area contributed by atoms with Gasteiger partial charge in [-0.05, 0) is 61.0 Å². The predicted octanol–water partition coefficient (Wildman–Crippen LogP) is 5.06. The van der Waals surface area contributed by atoms with Crippen molar-refractivity contribution in [3.05, 3.63) is 52.0 Å². The number of ether oxygens (including phenoxy) is 2. The van der Waals surface area contributed by atoms with Crippen molar-refractivity contribution in [1.82, 2.24) is 9.88 Å². The lowest BCUT2D eigenvalue weighted by Gasteiger charge is -2.39. The minimum Gasteiger partial charge on any atom is -0.475 e. The first-order valence-corrected chi connectivity index (χ1v) is 12.5. The number of hydrogen-bond acceptors (Lipinski definition) is 7. The third-order valence-corrected chi connectivity index (χ3v) is 6.86. The van der Waals surface area contributed by atoms with E-state index < -0.39 is 24.3 Å². The number of carboxylic acids is 2. The lowest BCUT2D eigenvalue weighted by molar-refractivity contribution is -0.193. The number of rotatable bonds is 5. The van der Waals surface area contributed by atoms with Crippen molar-refractivity contribution in [2.75, 3.05) is 19.7 Å². The van der Waals surface area contributed by atoms with Gasteiger partial charge in [0.15, 0.2) is 0 Å². The Morgan fingerprint density at radius 2 is 1.72 bits per heavy atom. The molecule has 39 heavy (non-hydrogen) atoms. The molecule has 15 heteroatoms. The molecule has 2 saturated heterocycles. The number of halogens is 6. The molecule has 0 saturated carbocycles. The minimum atomic E-state index is -5.08. The number of carboxylic acid groups (broad SMARTS) is 2. The van der Waals surface area contributed by atoms with E-state index in [0.29, 0.717) is 6.61 Å². The fourth-order valence-corrected chi connectivity index (χ4v) is 4.93. The zero-order valence-corrected chi connectivity index (χ0v) is 21.6. The maximum Gasteiger partial charge on any atom is 0.490 e. The van der Waals surface area contributed by atoms with Gasteiger partial charge in [0.2, 0.25) is 0 Å². The van der Waals surface area contributed by atoms with Crippen LogP contribution >= 0.6 is 11.3 Å². The maximum atomic E-state index is 10.6. The van der Waals surface area contributed by atoms with Crippen molar-refractivity contribution in [1.29, 1.82) is 0 Å². The number of aliphatic carboxylic acids is 2. The lowest BCUT2D eigenvalue weighted by Crippen LogP contribution is -2.47. The summed E-state index contributed by atoms with van der Waals surface area (Å²) in [5.41, 5.74) is 2.58. The molecular formula is C24H28F6N2O6S. The average molecular weight is 587 g/mol. The van der Waals surface area contributed by atoms with E-state index in [1.54, 1.807) is 0 Å². The van der Waals surface area contributed by atoms with Crippen LogP contribution in [-0.2, 0) is 32.2 Å². The number of hydrogen-bond donors (Lipinski definition) is 2. The van der Waals surface area contributed by atoms with Crippen LogP contribution < -0.4 is 0 Å². The van der Waals surface area contributed by atoms with Crippen LogP contribution in [0.3, 0.4) is 0 Å². The smallest absolute Gasteiger partial charge is 0.475 e. The Hall–Kier alpha value is -2.75. The van der Waals surface area contributed by atoms with Crippen LogP contribution in [0.2, 0.25) is 0 Å². The highest BCUT2D eigenvalue weighted by Gasteiger charge is 2.44. The minimum absolute atomic E-state index is 0.00761. The van der Waals surface area contributed by atoms with Crippen LogP contribution in [0.4, 0.5) is 26.3 Å². The Bertz CT molecular complexity index is 1040. The molecule has 4 heterocycles. The second-order valence-electron chi connectivity index (χ2n) is 8.93. The quantitative estimate of drug-likeness (QED) is 0.469. The fourth-order valence-electron chi connectivity index (χ4n) is 3.98. The number of carbonyl (C=O) groups is 2. The summed E-state index contributed by atoms with van der Waals surface area (Å²) < 4.78 is 75.9. The van der Waals surface area contributed by atoms with Gasteiger partial charge in [0.25, 0.3) is 0 Å². The van der Waals surface area contributed by atoms with Gasteiger partial charge in [-0.3, -0.25) is 9.88 Å². The Kier molecular flexibility index (Phi) is 11.7. The fraction of sp³-hybridized carbons (Fsp3) is 0.542. The first kappa shape index (κ1) is 32.5. The van der Waals surface area contributed by atoms with Crippen LogP contribution in [0.15, 0.2) is 36.0 Å². The van der Waals surface area contributed by atoms with Crippen molar-refractivity contribution >= 4 is 23.3 Å². The number of piperidine rings is 1. The molecule has 0 amide bonds. The molecular weight excluding hydrogens is 558 g/mol. The molecule has 2 aliphatic rings. The van der Waals surface area contributed by atoms with E-state index in [0.717, 1.165) is 32.5 Å². The first-order valence-electron chi connectivity index (χ1n) is 11.6. The summed E-state index contributed by atoms with van der Waals surface area (Å²) in [7, 11) is 0. The molecule has 1 spiro atoms. The summed E-state index contributed by atoms with van der Waals surface area (Å²) in [5, 5.41) is 16.4. The van der Waals surface area contributed by atoms with Gasteiger partial charge in [0.05, 0.1) is 24.9 Å². The molecule has 0 unspecified atom stereocenters. The van der Waals surface area contributed by atoms with E-state index in [1.165, 1.54) is 29.0 Å². The molecule has 218 valence electrons. The van der Waals surface area contributed by atoms with Crippen LogP contribution in [0.1, 0.15) is 35.3 Å². The van der Waals surface area contributed by atoms with Crippen molar-refractivity contribution < 1.29 is 55.6 Å². The van der Waals surface area contributed by atoms with Crippen LogP contribution in [0.5, 0.6) is 0 Å². The number of pyridine rings is 1. The van der Waals surface area contributed by atoms with Gasteiger partial charge in [-0.2, -0.15) is 26.3 Å². The van der Waals surface area contributed by atoms with Crippen molar-refractivity contribution in [3.8, 4) is 0 Å². The second-order valence-corrected chi connectivity index (χ2v) is 9.93. The number of aryl methyl sites for hydroxylation is 1. The standard InChI is InChI=1S/C20H26N2O2S.2C2HF3O2/c1-16-5-10-25-19(16)12-22-9-2-6-20(15-22)11-18(14-24-20)23-13-17-3-7-21-8-4-17;2*3-2(4,5)1(6)7/h3-5,7-8,10,18H,2,6,9,11-15H2,1H3;2*(H,6,7)/t18-,20+;;/m1../s1. The predicted molar refractivity (Wildman–Crippen MR) is 127 cm³/mol. The average Bonchev–Trinajstić information content (AvgIpc) is 3.43. The third kappa shape index (κ3) is 11.1. The zero-order valence-electron chi connectivity index (χ0n) is 20.8. The van der Waals surface area contributed by atoms with Crippen molar-refractivity contribution in [3.63, 3.8) is 0 Å². The Morgan fingerprint density at radius 3 is 2.23 bits per heavy atom. The van der Waals surface area contributed by atoms with Gasteiger partial charge in [-0.1, -0.05) is 0 Å². The maximum absolute atomic E-state index is 10.6. The summed E-state index contributed by atoms with van der Waals surface area (Å²) >= 11 is 1.87. The molecule has 2 aromatic heterocycles. The highest BCUT2D eigenvalue weighted by molar-refractivity contribution is 7.10. The van der Waals surface area contributed by atoms with Gasteiger partial charge in [0.1, 0.15) is 0 Å². The highest BCUT2D eigenvalue weighted by Crippen LogP contribution is 2.37. The number of aromatic nitrogens is 1. The Labute approximate surface area is 224 Å². The SMILES string of the molecule is Cc1ccsc1CN1CCC[C@]2(C[C@@H](OCc3ccncc3)CO2)C1.O=C(O)C(F)(F)F.O=C(O)C(F)(F)F. The molecule has 0 aromatic carbocycles. The van der Waals surface area contributed by atoms with E-state index in [2.05, 4.69) is 28.3 Å². The molecule has 2 aromatic rings. The molecule has 2 N–H and O–H groups in total. The summed E-state index contributed by atoms with van der Waals surface area (Å²) in [5.74, 6) is -5.51. The van der Waals surface area contributed by atoms with Crippen LogP contribution in [0.25, 0.3) is 0 Å². The molecule has 2 aliphatic heterocycles. The molecule has 4 rings (SSSR count). The molecule has 2 fully saturated rings. The Balaban J connectivity index is 0.000000317. The van der Waals surface area contributed by atoms with E-state index in [1.807, 2.05) is 35.9 Å². The summed E-state index contributed by atoms with van der Waals surface area (Å²) in [6.07, 6.45) is -2.95. The number of alkyl halides is 6. The molecule has 0 aliphatic carbocycles. The van der Waals surface area contributed by atoms with Crippen molar-refractivity contribution in [2.45, 2.75) is 63.4 Å². The van der Waals surface area contributed by atoms with E-state index in [4.69, 9.17) is 29.3 Å². The highest BCUT2D eigenvalue weighted by atomic mass is 32.1. The van der Waals surface area contributed by atoms with E-state index in [9.17, 15) is 26.3 Å². The first-order chi connectivity index (χ1) is 18.1. The largest absolute Gasteiger partial charge is 0.490 e. The Morgan fingerprint density at radius 1 is 1.13 bits per heavy atom. The van der Waals surface area contributed by atoms with E-state index in [-0.39, 0.29) is 11.7 Å². The van der Waals surface area contributed by atoms with Crippen LogP contribution in [-0.4, -0.2) is 75.8 Å². The van der Waals surface area contributed by atoms with Gasteiger partial charge in [-0.15, -0.1) is 11.3 Å². The molecule has 8 nitrogen and oxygen atoms in total. The zero-order chi connectivity index (χ0) is 29.3. The number of thiophene rings is 1. The van der Waals surface area contributed by atoms with Gasteiger partial charge in [-0.25, -0.2) is 9.59 Å². The second kappa shape index (κ2) is 14.1. The normalized spacial score (nSPS) is 21.5. The van der Waals surface area contributed by atoms with Gasteiger partial charge in [0, 0.05) is 36.8 Å². The molecule has 0 bridgehead atoms. The van der Waals surface area contributed by atoms with Crippen molar-refractivity contribution in [2.24, 2.45) is 0 Å². The molecule has 2 atom stereocenters. The summed E-state index contributed by atoms with van der Waals surface area (Å²) in [6, 6.07) is 6.24. The van der Waals surface area contributed by atoms with Gasteiger partial charge < -0.3 is 19.7 Å². The van der Waals surface area contributed by atoms with E-state index >= 15 is 0 Å².